The monoisotopic (exact) mass is 368 g/mol. The molecular weight excluding hydrogens is 353 g/mol. The van der Waals surface area contributed by atoms with Crippen molar-refractivity contribution in [1.82, 2.24) is 0 Å². The molecule has 0 fully saturated rings. The van der Waals surface area contributed by atoms with Gasteiger partial charge in [-0.1, -0.05) is 18.2 Å². The van der Waals surface area contributed by atoms with Crippen LogP contribution in [-0.2, 0) is 0 Å². The average molecular weight is 368 g/mol. The molecule has 0 saturated carbocycles. The van der Waals surface area contributed by atoms with Crippen molar-refractivity contribution in [3.8, 4) is 23.0 Å². The Balaban J connectivity index is 1.92. The van der Waals surface area contributed by atoms with E-state index in [0.29, 0.717) is 17.1 Å². The minimum absolute atomic E-state index is 0.0147. The van der Waals surface area contributed by atoms with Crippen molar-refractivity contribution in [2.75, 3.05) is 7.11 Å². The van der Waals surface area contributed by atoms with Gasteiger partial charge in [0.25, 0.3) is 0 Å². The van der Waals surface area contributed by atoms with Gasteiger partial charge in [-0.15, -0.1) is 0 Å². The van der Waals surface area contributed by atoms with Gasteiger partial charge in [0.1, 0.15) is 23.0 Å². The van der Waals surface area contributed by atoms with Crippen LogP contribution in [0.3, 0.4) is 0 Å². The molecule has 7 heteroatoms. The van der Waals surface area contributed by atoms with Crippen LogP contribution in [0.5, 0.6) is 23.0 Å². The maximum Gasteiger partial charge on any atom is 0.796 e. The summed E-state index contributed by atoms with van der Waals surface area (Å²) in [6.07, 6.45) is 0. The highest BCUT2D eigenvalue weighted by Gasteiger charge is 2.23. The summed E-state index contributed by atoms with van der Waals surface area (Å²) in [6.45, 7) is 0. The maximum atomic E-state index is 12.8. The molecule has 27 heavy (non-hydrogen) atoms. The number of hydrogen-bond acceptors (Lipinski definition) is 4. The Hall–Kier alpha value is -3.35. The molecule has 3 aromatic carbocycles. The van der Waals surface area contributed by atoms with Crippen LogP contribution in [0.25, 0.3) is 0 Å². The summed E-state index contributed by atoms with van der Waals surface area (Å²) in [6, 6.07) is 19.4. The lowest BCUT2D eigenvalue weighted by molar-refractivity contribution is 0.103. The standard InChI is InChI=1S/C20H15BF2O4/c1-25-15-9-7-14(8-10-15)20(24)18-12-11-17(13-19(18)27-21(22)23)26-16-5-3-2-4-6-16/h2-13H,1H3. The van der Waals surface area contributed by atoms with Gasteiger partial charge in [0, 0.05) is 11.6 Å². The highest BCUT2D eigenvalue weighted by atomic mass is 19.2. The molecule has 136 valence electrons. The number of methoxy groups -OCH3 is 1. The Bertz CT molecular complexity index is 915. The molecule has 0 unspecified atom stereocenters. The fraction of sp³-hybridized carbons (Fsp3) is 0.0500. The molecule has 0 aliphatic heterocycles. The van der Waals surface area contributed by atoms with Crippen LogP contribution in [0.1, 0.15) is 15.9 Å². The van der Waals surface area contributed by atoms with Crippen molar-refractivity contribution in [2.45, 2.75) is 0 Å². The molecule has 0 atom stereocenters. The Morgan fingerprint density at radius 2 is 1.52 bits per heavy atom. The number of ketones is 1. The Morgan fingerprint density at radius 3 is 2.15 bits per heavy atom. The second-order valence-electron chi connectivity index (χ2n) is 5.51. The van der Waals surface area contributed by atoms with Gasteiger partial charge in [-0.25, -0.2) is 8.63 Å². The highest BCUT2D eigenvalue weighted by molar-refractivity contribution is 6.35. The number of ether oxygens (including phenoxy) is 2. The van der Waals surface area contributed by atoms with Crippen molar-refractivity contribution in [3.05, 3.63) is 83.9 Å². The SMILES string of the molecule is COc1ccc(C(=O)c2ccc(Oc3ccccc3)cc2OB(F)F)cc1. The Labute approximate surface area is 155 Å². The minimum Gasteiger partial charge on any atom is -0.504 e. The average Bonchev–Trinajstić information content (AvgIpc) is 2.68. The first-order valence-electron chi connectivity index (χ1n) is 8.07. The quantitative estimate of drug-likeness (QED) is 0.434. The van der Waals surface area contributed by atoms with Gasteiger partial charge in [0.2, 0.25) is 0 Å². The zero-order valence-electron chi connectivity index (χ0n) is 14.4. The normalized spacial score (nSPS) is 10.2. The van der Waals surface area contributed by atoms with Gasteiger partial charge in [0.05, 0.1) is 12.7 Å². The van der Waals surface area contributed by atoms with Gasteiger partial charge in [-0.05, 0) is 48.5 Å². The van der Waals surface area contributed by atoms with Crippen molar-refractivity contribution >= 4 is 13.3 Å². The van der Waals surface area contributed by atoms with E-state index in [1.54, 1.807) is 48.5 Å². The summed E-state index contributed by atoms with van der Waals surface area (Å²) in [4.78, 5) is 12.7. The molecule has 0 heterocycles. The predicted octanol–water partition coefficient (Wildman–Crippen LogP) is 5.02. The van der Waals surface area contributed by atoms with Gasteiger partial charge in [0.15, 0.2) is 5.78 Å². The van der Waals surface area contributed by atoms with E-state index in [9.17, 15) is 13.4 Å². The number of hydrogen-bond donors (Lipinski definition) is 0. The van der Waals surface area contributed by atoms with Gasteiger partial charge in [-0.3, -0.25) is 4.79 Å². The van der Waals surface area contributed by atoms with Crippen molar-refractivity contribution in [2.24, 2.45) is 0 Å². The van der Waals surface area contributed by atoms with Crippen molar-refractivity contribution < 1.29 is 27.6 Å². The highest BCUT2D eigenvalue weighted by Crippen LogP contribution is 2.31. The molecule has 3 aromatic rings. The molecule has 0 saturated heterocycles. The van der Waals surface area contributed by atoms with E-state index in [1.165, 1.54) is 25.3 Å². The molecule has 0 radical (unpaired) electrons. The van der Waals surface area contributed by atoms with E-state index >= 15 is 0 Å². The summed E-state index contributed by atoms with van der Waals surface area (Å²) < 4.78 is 40.9. The molecule has 0 aromatic heterocycles. The predicted molar refractivity (Wildman–Crippen MR) is 98.0 cm³/mol. The molecular formula is C20H15BF2O4. The van der Waals surface area contributed by atoms with E-state index in [2.05, 4.69) is 4.65 Å². The Kier molecular flexibility index (Phi) is 5.71. The summed E-state index contributed by atoms with van der Waals surface area (Å²) in [5, 5.41) is 0. The number of rotatable bonds is 7. The molecule has 0 spiro atoms. The largest absolute Gasteiger partial charge is 0.796 e. The van der Waals surface area contributed by atoms with Crippen LogP contribution in [0, 0.1) is 0 Å². The lowest BCUT2D eigenvalue weighted by atomic mass is 10.0. The summed E-state index contributed by atoms with van der Waals surface area (Å²) in [7, 11) is -1.56. The number of carbonyl (C=O) groups excluding carboxylic acids is 1. The third-order valence-corrected chi connectivity index (χ3v) is 3.74. The van der Waals surface area contributed by atoms with Crippen LogP contribution >= 0.6 is 0 Å². The van der Waals surface area contributed by atoms with Crippen LogP contribution in [0.15, 0.2) is 72.8 Å². The van der Waals surface area contributed by atoms with E-state index < -0.39 is 13.3 Å². The third-order valence-electron chi connectivity index (χ3n) is 3.74. The first-order chi connectivity index (χ1) is 13.1. The number of halogens is 2. The first kappa shape index (κ1) is 18.4. The fourth-order valence-corrected chi connectivity index (χ4v) is 2.47. The number of carbonyl (C=O) groups is 1. The summed E-state index contributed by atoms with van der Waals surface area (Å²) in [5.41, 5.74) is 0.340. The van der Waals surface area contributed by atoms with E-state index in [1.807, 2.05) is 6.07 Å². The molecule has 3 rings (SSSR count). The molecule has 0 aliphatic rings. The van der Waals surface area contributed by atoms with Crippen LogP contribution in [0.4, 0.5) is 8.63 Å². The Morgan fingerprint density at radius 1 is 0.852 bits per heavy atom. The molecule has 4 nitrogen and oxygen atoms in total. The first-order valence-corrected chi connectivity index (χ1v) is 8.07. The van der Waals surface area contributed by atoms with E-state index in [0.717, 1.165) is 0 Å². The van der Waals surface area contributed by atoms with Crippen LogP contribution in [0.2, 0.25) is 0 Å². The second kappa shape index (κ2) is 8.36. The van der Waals surface area contributed by atoms with Crippen LogP contribution in [-0.4, -0.2) is 20.4 Å². The van der Waals surface area contributed by atoms with E-state index in [4.69, 9.17) is 9.47 Å². The zero-order valence-corrected chi connectivity index (χ0v) is 14.4. The molecule has 0 bridgehead atoms. The minimum atomic E-state index is -3.07. The third kappa shape index (κ3) is 4.64. The lowest BCUT2D eigenvalue weighted by Gasteiger charge is -2.12. The molecule has 0 aliphatic carbocycles. The number of para-hydroxylation sites is 1. The zero-order chi connectivity index (χ0) is 19.2. The smallest absolute Gasteiger partial charge is 0.504 e. The van der Waals surface area contributed by atoms with E-state index in [-0.39, 0.29) is 17.1 Å². The molecule has 0 N–H and O–H groups in total. The number of benzene rings is 3. The molecule has 0 amide bonds. The summed E-state index contributed by atoms with van der Waals surface area (Å²) in [5.74, 6) is 0.707. The van der Waals surface area contributed by atoms with Crippen LogP contribution < -0.4 is 14.1 Å². The maximum absolute atomic E-state index is 12.8. The van der Waals surface area contributed by atoms with Gasteiger partial charge < -0.3 is 14.1 Å². The second-order valence-corrected chi connectivity index (χ2v) is 5.51. The lowest BCUT2D eigenvalue weighted by Crippen LogP contribution is -2.12. The topological polar surface area (TPSA) is 44.8 Å². The summed E-state index contributed by atoms with van der Waals surface area (Å²) >= 11 is 0. The van der Waals surface area contributed by atoms with Gasteiger partial charge in [-0.2, -0.15) is 0 Å². The van der Waals surface area contributed by atoms with Gasteiger partial charge >= 0.3 is 7.47 Å². The van der Waals surface area contributed by atoms with Crippen molar-refractivity contribution in [3.63, 3.8) is 0 Å². The fourth-order valence-electron chi connectivity index (χ4n) is 2.47. The van der Waals surface area contributed by atoms with Crippen molar-refractivity contribution in [1.29, 1.82) is 0 Å².